The van der Waals surface area contributed by atoms with Crippen molar-refractivity contribution in [3.63, 3.8) is 0 Å². The number of fused-ring (bicyclic) bond motifs is 2. The number of ether oxygens (including phenoxy) is 2. The number of anilines is 2. The zero-order chi connectivity index (χ0) is 16.6. The predicted octanol–water partition coefficient (Wildman–Crippen LogP) is 4.83. The van der Waals surface area contributed by atoms with Crippen molar-refractivity contribution in [1.82, 2.24) is 9.97 Å². The van der Waals surface area contributed by atoms with Crippen LogP contribution in [0, 0.1) is 0 Å². The molecule has 0 fully saturated rings. The van der Waals surface area contributed by atoms with E-state index in [-0.39, 0.29) is 6.79 Å². The zero-order valence-electron chi connectivity index (χ0n) is 13.1. The minimum absolute atomic E-state index is 0.275. The Labute approximate surface area is 147 Å². The van der Waals surface area contributed by atoms with E-state index in [2.05, 4.69) is 10.3 Å². The third-order valence-corrected chi connectivity index (χ3v) is 4.80. The number of benzene rings is 2. The number of nitrogens with zero attached hydrogens (tertiary/aromatic N) is 2. The Morgan fingerprint density at radius 3 is 2.92 bits per heavy atom. The van der Waals surface area contributed by atoms with E-state index in [1.165, 1.54) is 0 Å². The van der Waals surface area contributed by atoms with Crippen LogP contribution in [0.3, 0.4) is 0 Å². The van der Waals surface area contributed by atoms with Gasteiger partial charge in [-0.2, -0.15) is 0 Å². The zero-order valence-corrected chi connectivity index (χ0v) is 13.9. The lowest BCUT2D eigenvalue weighted by Crippen LogP contribution is -1.93. The van der Waals surface area contributed by atoms with Crippen LogP contribution >= 0.6 is 11.3 Å². The lowest BCUT2D eigenvalue weighted by molar-refractivity contribution is 0.174. The number of thiazole rings is 1. The molecule has 0 aliphatic carbocycles. The highest BCUT2D eigenvalue weighted by molar-refractivity contribution is 7.14. The summed E-state index contributed by atoms with van der Waals surface area (Å²) in [5, 5.41) is 7.33. The molecule has 3 heterocycles. The number of hydrogen-bond donors (Lipinski definition) is 1. The normalized spacial score (nSPS) is 12.5. The van der Waals surface area contributed by atoms with Gasteiger partial charge in [0.05, 0.1) is 16.9 Å². The largest absolute Gasteiger partial charge is 0.454 e. The van der Waals surface area contributed by atoms with Gasteiger partial charge in [0.15, 0.2) is 16.6 Å². The first kappa shape index (κ1) is 14.2. The monoisotopic (exact) mass is 347 g/mol. The Balaban J connectivity index is 1.46. The van der Waals surface area contributed by atoms with Crippen LogP contribution in [-0.2, 0) is 0 Å². The molecule has 0 saturated carbocycles. The molecule has 5 rings (SSSR count). The molecule has 1 aliphatic rings. The van der Waals surface area contributed by atoms with E-state index in [4.69, 9.17) is 14.5 Å². The molecule has 0 amide bonds. The third-order valence-electron chi connectivity index (χ3n) is 4.05. The van der Waals surface area contributed by atoms with Crippen molar-refractivity contribution in [2.45, 2.75) is 0 Å². The predicted molar refractivity (Wildman–Crippen MR) is 98.7 cm³/mol. The Bertz CT molecular complexity index is 1070. The fourth-order valence-corrected chi connectivity index (χ4v) is 3.57. The van der Waals surface area contributed by atoms with Crippen LogP contribution < -0.4 is 14.8 Å². The molecule has 122 valence electrons. The lowest BCUT2D eigenvalue weighted by Gasteiger charge is -2.06. The van der Waals surface area contributed by atoms with Crippen molar-refractivity contribution in [2.24, 2.45) is 0 Å². The average Bonchev–Trinajstić information content (AvgIpc) is 3.30. The fourth-order valence-electron chi connectivity index (χ4n) is 2.84. The minimum atomic E-state index is 0.275. The van der Waals surface area contributed by atoms with Crippen LogP contribution in [0.15, 0.2) is 60.1 Å². The molecule has 2 aromatic carbocycles. The van der Waals surface area contributed by atoms with E-state index in [9.17, 15) is 0 Å². The molecule has 0 radical (unpaired) electrons. The van der Waals surface area contributed by atoms with Gasteiger partial charge in [0, 0.05) is 22.5 Å². The second kappa shape index (κ2) is 5.75. The molecule has 2 aromatic heterocycles. The maximum atomic E-state index is 5.44. The van der Waals surface area contributed by atoms with Gasteiger partial charge in [-0.05, 0) is 30.3 Å². The Kier molecular flexibility index (Phi) is 3.28. The third kappa shape index (κ3) is 2.56. The molecule has 0 atom stereocenters. The van der Waals surface area contributed by atoms with E-state index >= 15 is 0 Å². The molecular formula is C19H13N3O2S. The first-order valence-corrected chi connectivity index (χ1v) is 8.71. The van der Waals surface area contributed by atoms with Crippen LogP contribution in [0.4, 0.5) is 10.8 Å². The first-order valence-electron chi connectivity index (χ1n) is 7.83. The number of nitrogens with one attached hydrogen (secondary N) is 1. The smallest absolute Gasteiger partial charge is 0.231 e. The molecular weight excluding hydrogens is 334 g/mol. The second-order valence-electron chi connectivity index (χ2n) is 5.61. The van der Waals surface area contributed by atoms with Crippen molar-refractivity contribution in [3.8, 4) is 22.8 Å². The molecule has 5 nitrogen and oxygen atoms in total. The van der Waals surface area contributed by atoms with Crippen molar-refractivity contribution >= 4 is 33.1 Å². The van der Waals surface area contributed by atoms with Crippen LogP contribution in [0.25, 0.3) is 22.2 Å². The summed E-state index contributed by atoms with van der Waals surface area (Å²) in [5.41, 5.74) is 3.79. The van der Waals surface area contributed by atoms with Gasteiger partial charge < -0.3 is 14.8 Å². The molecule has 0 spiro atoms. The number of pyridine rings is 1. The van der Waals surface area contributed by atoms with Crippen molar-refractivity contribution in [2.75, 3.05) is 12.1 Å². The number of hydrogen-bond acceptors (Lipinski definition) is 6. The summed E-state index contributed by atoms with van der Waals surface area (Å²) in [6.45, 7) is 0.275. The van der Waals surface area contributed by atoms with Crippen LogP contribution in [-0.4, -0.2) is 16.8 Å². The van der Waals surface area contributed by atoms with Crippen molar-refractivity contribution in [1.29, 1.82) is 0 Å². The summed E-state index contributed by atoms with van der Waals surface area (Å²) in [7, 11) is 0. The summed E-state index contributed by atoms with van der Waals surface area (Å²) >= 11 is 1.56. The van der Waals surface area contributed by atoms with Gasteiger partial charge in [-0.25, -0.2) is 4.98 Å². The molecule has 0 saturated heterocycles. The van der Waals surface area contributed by atoms with E-state index in [0.29, 0.717) is 0 Å². The average molecular weight is 347 g/mol. The number of rotatable bonds is 3. The maximum absolute atomic E-state index is 5.44. The molecule has 0 unspecified atom stereocenters. The van der Waals surface area contributed by atoms with Crippen LogP contribution in [0.5, 0.6) is 11.5 Å². The summed E-state index contributed by atoms with van der Waals surface area (Å²) < 4.78 is 10.8. The van der Waals surface area contributed by atoms with Gasteiger partial charge in [-0.15, -0.1) is 11.3 Å². The Morgan fingerprint density at radius 1 is 1.00 bits per heavy atom. The van der Waals surface area contributed by atoms with Gasteiger partial charge in [-0.3, -0.25) is 4.98 Å². The number of aromatic nitrogens is 2. The fraction of sp³-hybridized carbons (Fsp3) is 0.0526. The standard InChI is InChI=1S/C19H13N3O2S/c1-3-12-4-2-8-20-18(12)14(5-1)21-19-22-15(10-25-19)13-6-7-16-17(9-13)24-11-23-16/h1-10H,11H2,(H,21,22). The Hall–Kier alpha value is -3.12. The van der Waals surface area contributed by atoms with Crippen molar-refractivity contribution < 1.29 is 9.47 Å². The number of para-hydroxylation sites is 1. The summed E-state index contributed by atoms with van der Waals surface area (Å²) in [5.74, 6) is 1.54. The Morgan fingerprint density at radius 2 is 1.92 bits per heavy atom. The minimum Gasteiger partial charge on any atom is -0.454 e. The van der Waals surface area contributed by atoms with Gasteiger partial charge in [0.1, 0.15) is 0 Å². The molecule has 0 bridgehead atoms. The van der Waals surface area contributed by atoms with Gasteiger partial charge in [0.2, 0.25) is 6.79 Å². The molecule has 1 N–H and O–H groups in total. The van der Waals surface area contributed by atoms with Crippen LogP contribution in [0.1, 0.15) is 0 Å². The highest BCUT2D eigenvalue weighted by Crippen LogP contribution is 2.37. The van der Waals surface area contributed by atoms with Crippen LogP contribution in [0.2, 0.25) is 0 Å². The van der Waals surface area contributed by atoms with E-state index in [1.807, 2.05) is 53.9 Å². The molecule has 6 heteroatoms. The molecule has 25 heavy (non-hydrogen) atoms. The molecule has 4 aromatic rings. The lowest BCUT2D eigenvalue weighted by atomic mass is 10.1. The van der Waals surface area contributed by atoms with Gasteiger partial charge >= 0.3 is 0 Å². The summed E-state index contributed by atoms with van der Waals surface area (Å²) in [6, 6.07) is 15.9. The van der Waals surface area contributed by atoms with Gasteiger partial charge in [-0.1, -0.05) is 18.2 Å². The second-order valence-corrected chi connectivity index (χ2v) is 6.47. The maximum Gasteiger partial charge on any atom is 0.231 e. The topological polar surface area (TPSA) is 56.3 Å². The first-order chi connectivity index (χ1) is 12.4. The van der Waals surface area contributed by atoms with Crippen molar-refractivity contribution in [3.05, 3.63) is 60.1 Å². The van der Waals surface area contributed by atoms with E-state index < -0.39 is 0 Å². The highest BCUT2D eigenvalue weighted by Gasteiger charge is 2.15. The van der Waals surface area contributed by atoms with E-state index in [1.54, 1.807) is 17.5 Å². The highest BCUT2D eigenvalue weighted by atomic mass is 32.1. The van der Waals surface area contributed by atoms with E-state index in [0.717, 1.165) is 44.5 Å². The van der Waals surface area contributed by atoms with Gasteiger partial charge in [0.25, 0.3) is 0 Å². The summed E-state index contributed by atoms with van der Waals surface area (Å²) in [4.78, 5) is 9.16. The molecule has 1 aliphatic heterocycles. The summed E-state index contributed by atoms with van der Waals surface area (Å²) in [6.07, 6.45) is 1.80. The quantitative estimate of drug-likeness (QED) is 0.575. The SMILES string of the molecule is c1cnc2c(Nc3nc(-c4ccc5c(c4)OCO5)cs3)cccc2c1.